The van der Waals surface area contributed by atoms with Crippen LogP contribution in [0.4, 0.5) is 21.0 Å². The zero-order valence-electron chi connectivity index (χ0n) is 27.4. The number of nitrogens with one attached hydrogen (secondary N) is 2. The van der Waals surface area contributed by atoms with E-state index >= 15 is 4.39 Å². The lowest BCUT2D eigenvalue weighted by Gasteiger charge is -2.26. The van der Waals surface area contributed by atoms with Crippen LogP contribution in [0.5, 0.6) is 5.75 Å². The predicted molar refractivity (Wildman–Crippen MR) is 179 cm³/mol. The molecule has 0 saturated carbocycles. The van der Waals surface area contributed by atoms with E-state index in [1.54, 1.807) is 69.4 Å². The van der Waals surface area contributed by atoms with Gasteiger partial charge in [0.25, 0.3) is 5.13 Å². The van der Waals surface area contributed by atoms with Crippen LogP contribution in [-0.2, 0) is 39.4 Å². The average Bonchev–Trinajstić information content (AvgIpc) is 3.60. The summed E-state index contributed by atoms with van der Waals surface area (Å²) in [5, 5.41) is 2.35. The molecule has 0 spiro atoms. The third-order valence-electron chi connectivity index (χ3n) is 7.14. The molecule has 19 heteroatoms. The van der Waals surface area contributed by atoms with Gasteiger partial charge in [-0.25, -0.2) is 18.7 Å². The van der Waals surface area contributed by atoms with Gasteiger partial charge >= 0.3 is 19.9 Å². The Hall–Kier alpha value is -4.54. The van der Waals surface area contributed by atoms with E-state index in [0.29, 0.717) is 5.56 Å². The van der Waals surface area contributed by atoms with Gasteiger partial charge in [-0.1, -0.05) is 60.1 Å². The molecule has 0 aliphatic carbocycles. The number of esters is 1. The zero-order valence-corrected chi connectivity index (χ0v) is 29.0. The summed E-state index contributed by atoms with van der Waals surface area (Å²) in [6.07, 6.45) is -5.76. The molecule has 1 saturated heterocycles. The Labute approximate surface area is 291 Å². The molecule has 16 nitrogen and oxygen atoms in total. The summed E-state index contributed by atoms with van der Waals surface area (Å²) in [4.78, 5) is 38.0. The number of para-hydroxylation sites is 1. The molecule has 5 rings (SSSR count). The van der Waals surface area contributed by atoms with Gasteiger partial charge in [-0.15, -0.1) is 0 Å². The van der Waals surface area contributed by atoms with Gasteiger partial charge in [-0.05, 0) is 38.5 Å². The summed E-state index contributed by atoms with van der Waals surface area (Å²) in [7, 11) is -2.89. The van der Waals surface area contributed by atoms with E-state index in [-0.39, 0.29) is 35.3 Å². The number of nitrogens with two attached hydrogens (primary N) is 1. The van der Waals surface area contributed by atoms with Crippen molar-refractivity contribution in [2.45, 2.75) is 63.1 Å². The van der Waals surface area contributed by atoms with Crippen LogP contribution in [0.25, 0.3) is 11.2 Å². The van der Waals surface area contributed by atoms with Crippen LogP contribution in [-0.4, -0.2) is 74.8 Å². The van der Waals surface area contributed by atoms with E-state index in [2.05, 4.69) is 25.4 Å². The normalized spacial score (nSPS) is 22.1. The summed E-state index contributed by atoms with van der Waals surface area (Å²) in [5.41, 5.74) is 6.77. The van der Waals surface area contributed by atoms with Crippen LogP contribution in [0.3, 0.4) is 0 Å². The molecular weight excluding hydrogens is 700 g/mol. The van der Waals surface area contributed by atoms with E-state index in [0.717, 1.165) is 4.57 Å². The minimum atomic E-state index is -4.47. The minimum absolute atomic E-state index is 0.0405. The highest BCUT2D eigenvalue weighted by Gasteiger charge is 2.61. The lowest BCUT2D eigenvalue weighted by Crippen LogP contribution is -2.43. The molecule has 1 fully saturated rings. The number of aromatic nitrogens is 4. The van der Waals surface area contributed by atoms with Crippen LogP contribution in [0, 0.1) is 0 Å². The number of halogens is 2. The molecule has 0 bridgehead atoms. The van der Waals surface area contributed by atoms with Gasteiger partial charge in [0.2, 0.25) is 5.95 Å². The minimum Gasteiger partial charge on any atom is -0.462 e. The van der Waals surface area contributed by atoms with Crippen LogP contribution in [0.15, 0.2) is 67.0 Å². The van der Waals surface area contributed by atoms with Crippen molar-refractivity contribution in [2.75, 3.05) is 24.7 Å². The predicted octanol–water partition coefficient (Wildman–Crippen LogP) is 5.11. The molecule has 1 aliphatic rings. The number of fused-ring (bicyclic) bond motifs is 1. The standard InChI is InChI=1S/C31H36ClFN7O9P/c1-18(2)46-27(41)19(3)39-50(43,49-21-13-9-6-10-14-21)45-16-22-24(48-30(42)44-15-20-11-7-5-8-12-20)31(32,33)28(47-22)40-17-36-23-25(35-4)37-29(34)38-26(23)40/h5-14,17-19,22,24,28H,15-16H2,1-4H3,(H,39,43)(H3,34,35,37,38)/t19-,22+,24+,28+,31+,50+/m0/s1. The summed E-state index contributed by atoms with van der Waals surface area (Å²) < 4.78 is 65.4. The molecule has 0 radical (unpaired) electrons. The van der Waals surface area contributed by atoms with Crippen molar-refractivity contribution in [3.8, 4) is 5.75 Å². The largest absolute Gasteiger partial charge is 0.509 e. The van der Waals surface area contributed by atoms with Crippen LogP contribution in [0.2, 0.25) is 0 Å². The van der Waals surface area contributed by atoms with Gasteiger partial charge in [0.05, 0.1) is 19.0 Å². The number of anilines is 2. The van der Waals surface area contributed by atoms with Crippen LogP contribution in [0.1, 0.15) is 32.6 Å². The first-order chi connectivity index (χ1) is 23.8. The topological polar surface area (TPSA) is 200 Å². The van der Waals surface area contributed by atoms with Crippen molar-refractivity contribution in [1.29, 1.82) is 0 Å². The fourth-order valence-corrected chi connectivity index (χ4v) is 6.73. The second-order valence-corrected chi connectivity index (χ2v) is 13.6. The number of carbonyl (C=O) groups is 2. The number of nitrogen functional groups attached to an aromatic ring is 1. The van der Waals surface area contributed by atoms with Crippen molar-refractivity contribution < 1.29 is 46.5 Å². The van der Waals surface area contributed by atoms with E-state index in [1.165, 1.54) is 25.4 Å². The van der Waals surface area contributed by atoms with E-state index in [4.69, 9.17) is 45.3 Å². The zero-order chi connectivity index (χ0) is 36.1. The van der Waals surface area contributed by atoms with Crippen LogP contribution >= 0.6 is 19.3 Å². The van der Waals surface area contributed by atoms with E-state index in [9.17, 15) is 14.2 Å². The first kappa shape index (κ1) is 36.7. The number of imidazole rings is 1. The third kappa shape index (κ3) is 8.60. The Bertz CT molecular complexity index is 1840. The average molecular weight is 736 g/mol. The van der Waals surface area contributed by atoms with E-state index < -0.39 is 62.2 Å². The Balaban J connectivity index is 1.44. The van der Waals surface area contributed by atoms with Crippen molar-refractivity contribution in [2.24, 2.45) is 0 Å². The SMILES string of the molecule is CNc1nc(N)nc2c1ncn2[C@@H]1O[C@H](CO[P@](=O)(N[C@@H](C)C(=O)OC(C)C)Oc2ccccc2)[C@@H](OC(=O)OCc2ccccc2)[C@]1(F)Cl. The monoisotopic (exact) mass is 735 g/mol. The maximum Gasteiger partial charge on any atom is 0.509 e. The van der Waals surface area contributed by atoms with Gasteiger partial charge in [0, 0.05) is 7.05 Å². The van der Waals surface area contributed by atoms with Gasteiger partial charge in [-0.2, -0.15) is 15.1 Å². The molecule has 3 heterocycles. The smallest absolute Gasteiger partial charge is 0.462 e. The maximum absolute atomic E-state index is 16.8. The van der Waals surface area contributed by atoms with Gasteiger partial charge in [-0.3, -0.25) is 13.9 Å². The summed E-state index contributed by atoms with van der Waals surface area (Å²) in [6.45, 7) is 3.77. The lowest BCUT2D eigenvalue weighted by atomic mass is 10.1. The van der Waals surface area contributed by atoms with Crippen LogP contribution < -0.4 is 20.7 Å². The summed E-state index contributed by atoms with van der Waals surface area (Å²) in [5.74, 6) is -0.531. The molecule has 268 valence electrons. The van der Waals surface area contributed by atoms with Crippen molar-refractivity contribution in [3.05, 3.63) is 72.6 Å². The maximum atomic E-state index is 16.8. The number of carbonyl (C=O) groups excluding carboxylic acids is 2. The first-order valence-electron chi connectivity index (χ1n) is 15.4. The Morgan fingerprint density at radius 1 is 1.12 bits per heavy atom. The molecule has 4 aromatic rings. The molecule has 2 aromatic carbocycles. The Morgan fingerprint density at radius 2 is 1.80 bits per heavy atom. The van der Waals surface area contributed by atoms with Crippen molar-refractivity contribution in [3.63, 3.8) is 0 Å². The van der Waals surface area contributed by atoms with E-state index in [1.807, 2.05) is 0 Å². The number of nitrogens with zero attached hydrogens (tertiary/aromatic N) is 4. The van der Waals surface area contributed by atoms with Crippen molar-refractivity contribution in [1.82, 2.24) is 24.6 Å². The number of benzene rings is 2. The van der Waals surface area contributed by atoms with Gasteiger partial charge in [0.15, 0.2) is 29.3 Å². The highest BCUT2D eigenvalue weighted by atomic mass is 35.5. The molecule has 6 atom stereocenters. The van der Waals surface area contributed by atoms with Gasteiger partial charge in [0.1, 0.15) is 24.5 Å². The second kappa shape index (κ2) is 15.6. The number of ether oxygens (including phenoxy) is 4. The number of rotatable bonds is 14. The fourth-order valence-electron chi connectivity index (χ4n) is 4.89. The molecule has 0 unspecified atom stereocenters. The highest BCUT2D eigenvalue weighted by molar-refractivity contribution is 7.52. The molecular formula is C31H36ClFN7O9P. The first-order valence-corrected chi connectivity index (χ1v) is 17.3. The quantitative estimate of drug-likeness (QED) is 0.0876. The summed E-state index contributed by atoms with van der Waals surface area (Å²) in [6, 6.07) is 15.5. The van der Waals surface area contributed by atoms with Crippen molar-refractivity contribution >= 4 is 54.4 Å². The second-order valence-electron chi connectivity index (χ2n) is 11.3. The molecule has 2 aromatic heterocycles. The fraction of sp³-hybridized carbons (Fsp3) is 0.387. The molecule has 1 aliphatic heterocycles. The Kier molecular flexibility index (Phi) is 11.4. The third-order valence-corrected chi connectivity index (χ3v) is 9.18. The highest BCUT2D eigenvalue weighted by Crippen LogP contribution is 2.50. The molecule has 50 heavy (non-hydrogen) atoms. The number of alkyl halides is 2. The van der Waals surface area contributed by atoms with Gasteiger partial charge < -0.3 is 34.5 Å². The molecule has 4 N–H and O–H groups in total. The lowest BCUT2D eigenvalue weighted by molar-refractivity contribution is -0.149. The number of hydrogen-bond donors (Lipinski definition) is 3. The Morgan fingerprint density at radius 3 is 2.46 bits per heavy atom. The summed E-state index contributed by atoms with van der Waals surface area (Å²) >= 11 is 6.52. The number of hydrogen-bond acceptors (Lipinski definition) is 14. The molecule has 0 amide bonds.